The van der Waals surface area contributed by atoms with E-state index in [1.54, 1.807) is 12.1 Å². The lowest BCUT2D eigenvalue weighted by atomic mass is 9.90. The largest absolute Gasteiger partial charge is 1.00 e. The second kappa shape index (κ2) is 8.76. The Labute approximate surface area is 166 Å². The Bertz CT molecular complexity index is 824. The van der Waals surface area contributed by atoms with Crippen molar-refractivity contribution in [3.8, 4) is 0 Å². The Kier molecular flexibility index (Phi) is 6.93. The Hall–Kier alpha value is -1.75. The van der Waals surface area contributed by atoms with Crippen LogP contribution in [0, 0.1) is 6.92 Å². The fourth-order valence-corrected chi connectivity index (χ4v) is 3.70. The number of rotatable bonds is 7. The predicted octanol–water partition coefficient (Wildman–Crippen LogP) is 0.854. The molecule has 0 aliphatic heterocycles. The van der Waals surface area contributed by atoms with Gasteiger partial charge in [-0.05, 0) is 19.3 Å². The normalized spacial score (nSPS) is 12.6. The number of halogens is 1. The summed E-state index contributed by atoms with van der Waals surface area (Å²) in [4.78, 5) is 26.3. The number of benzene rings is 1. The first-order valence-electron chi connectivity index (χ1n) is 9.43. The zero-order valence-electron chi connectivity index (χ0n) is 15.8. The molecule has 4 nitrogen and oxygen atoms in total. The van der Waals surface area contributed by atoms with Crippen molar-refractivity contribution in [3.05, 3.63) is 52.6 Å². The highest BCUT2D eigenvalue weighted by Crippen LogP contribution is 2.27. The SMILES string of the molecule is CCCCC[n+]1c2c(n(CCCC)c1C)C(=O)c1ccccc1C2=O.[Br-]. The summed E-state index contributed by atoms with van der Waals surface area (Å²) < 4.78 is 4.15. The molecule has 0 unspecified atom stereocenters. The van der Waals surface area contributed by atoms with E-state index < -0.39 is 0 Å². The molecule has 0 atom stereocenters. The standard InChI is InChI=1S/C21H27N2O2.BrH/c1-4-6-10-14-23-15(3)22(13-7-5-2)18-19(23)21(25)17-12-9-8-11-16(17)20(18)24;/h8-9,11-12H,4-7,10,13-14H2,1-3H3;1H/q+1;/p-1. The first-order valence-corrected chi connectivity index (χ1v) is 9.43. The summed E-state index contributed by atoms with van der Waals surface area (Å²) >= 11 is 0. The lowest BCUT2D eigenvalue weighted by Crippen LogP contribution is -3.00. The molecule has 0 spiro atoms. The number of fused-ring (bicyclic) bond motifs is 2. The van der Waals surface area contributed by atoms with Crippen molar-refractivity contribution in [2.75, 3.05) is 0 Å². The second-order valence-electron chi connectivity index (χ2n) is 6.81. The van der Waals surface area contributed by atoms with Gasteiger partial charge in [0.1, 0.15) is 0 Å². The molecule has 0 N–H and O–H groups in total. The fraction of sp³-hybridized carbons (Fsp3) is 0.476. The molecule has 0 bridgehead atoms. The molecule has 2 aromatic rings. The van der Waals surface area contributed by atoms with Crippen LogP contribution in [0.3, 0.4) is 0 Å². The molecule has 0 fully saturated rings. The molecule has 0 saturated carbocycles. The number of carbonyl (C=O) groups is 2. The monoisotopic (exact) mass is 418 g/mol. The number of aromatic nitrogens is 2. The van der Waals surface area contributed by atoms with Gasteiger partial charge in [-0.15, -0.1) is 0 Å². The van der Waals surface area contributed by atoms with Gasteiger partial charge in [0.2, 0.25) is 23.0 Å². The van der Waals surface area contributed by atoms with Gasteiger partial charge < -0.3 is 17.0 Å². The van der Waals surface area contributed by atoms with E-state index in [9.17, 15) is 9.59 Å². The number of hydrogen-bond acceptors (Lipinski definition) is 2. The van der Waals surface area contributed by atoms with Crippen molar-refractivity contribution in [1.82, 2.24) is 4.57 Å². The molecule has 5 heteroatoms. The van der Waals surface area contributed by atoms with Gasteiger partial charge in [0, 0.05) is 18.1 Å². The van der Waals surface area contributed by atoms with E-state index in [1.165, 1.54) is 0 Å². The van der Waals surface area contributed by atoms with E-state index in [2.05, 4.69) is 23.0 Å². The summed E-state index contributed by atoms with van der Waals surface area (Å²) in [6, 6.07) is 7.20. The number of unbranched alkanes of at least 4 members (excludes halogenated alkanes) is 3. The van der Waals surface area contributed by atoms with Crippen LogP contribution in [0.25, 0.3) is 0 Å². The summed E-state index contributed by atoms with van der Waals surface area (Å²) in [6.07, 6.45) is 5.34. The van der Waals surface area contributed by atoms with Crippen LogP contribution in [0.5, 0.6) is 0 Å². The van der Waals surface area contributed by atoms with Crippen LogP contribution in [0.2, 0.25) is 0 Å². The number of imidazole rings is 1. The molecule has 0 saturated heterocycles. The fourth-order valence-electron chi connectivity index (χ4n) is 3.70. The number of carbonyl (C=O) groups excluding carboxylic acids is 2. The molecule has 26 heavy (non-hydrogen) atoms. The minimum atomic E-state index is -0.0151. The van der Waals surface area contributed by atoms with Crippen LogP contribution in [0.4, 0.5) is 0 Å². The van der Waals surface area contributed by atoms with Gasteiger partial charge in [0.15, 0.2) is 0 Å². The molecule has 0 radical (unpaired) electrons. The highest BCUT2D eigenvalue weighted by atomic mass is 79.9. The van der Waals surface area contributed by atoms with Crippen LogP contribution in [-0.2, 0) is 13.1 Å². The highest BCUT2D eigenvalue weighted by molar-refractivity contribution is 6.26. The summed E-state index contributed by atoms with van der Waals surface area (Å²) in [5.74, 6) is 0.989. The number of nitrogens with zero attached hydrogens (tertiary/aromatic N) is 2. The minimum absolute atomic E-state index is 0. The van der Waals surface area contributed by atoms with Crippen LogP contribution >= 0.6 is 0 Å². The van der Waals surface area contributed by atoms with Gasteiger partial charge in [-0.2, -0.15) is 0 Å². The van der Waals surface area contributed by atoms with Crippen molar-refractivity contribution in [2.24, 2.45) is 0 Å². The van der Waals surface area contributed by atoms with E-state index in [1.807, 2.05) is 19.1 Å². The molecular weight excluding hydrogens is 392 g/mol. The maximum atomic E-state index is 13.2. The number of ketones is 2. The quantitative estimate of drug-likeness (QED) is 0.421. The minimum Gasteiger partial charge on any atom is -1.00 e. The van der Waals surface area contributed by atoms with Gasteiger partial charge >= 0.3 is 0 Å². The molecule has 140 valence electrons. The zero-order chi connectivity index (χ0) is 18.0. The smallest absolute Gasteiger partial charge is 0.254 e. The van der Waals surface area contributed by atoms with Crippen LogP contribution < -0.4 is 21.5 Å². The Morgan fingerprint density at radius 2 is 1.54 bits per heavy atom. The van der Waals surface area contributed by atoms with E-state index >= 15 is 0 Å². The predicted molar refractivity (Wildman–Crippen MR) is 97.1 cm³/mol. The van der Waals surface area contributed by atoms with E-state index in [-0.39, 0.29) is 28.5 Å². The van der Waals surface area contributed by atoms with E-state index in [4.69, 9.17) is 0 Å². The third-order valence-electron chi connectivity index (χ3n) is 5.11. The summed E-state index contributed by atoms with van der Waals surface area (Å²) in [5.41, 5.74) is 2.26. The van der Waals surface area contributed by atoms with Crippen molar-refractivity contribution in [3.63, 3.8) is 0 Å². The molecule has 1 heterocycles. The first kappa shape index (κ1) is 20.6. The molecular formula is C21H27BrN2O2. The van der Waals surface area contributed by atoms with Crippen molar-refractivity contribution < 1.29 is 31.1 Å². The van der Waals surface area contributed by atoms with Crippen molar-refractivity contribution in [2.45, 2.75) is 66.0 Å². The highest BCUT2D eigenvalue weighted by Gasteiger charge is 2.42. The van der Waals surface area contributed by atoms with Gasteiger partial charge in [0.05, 0.1) is 13.1 Å². The topological polar surface area (TPSA) is 43.0 Å². The van der Waals surface area contributed by atoms with Crippen LogP contribution in [0.15, 0.2) is 24.3 Å². The third kappa shape index (κ3) is 3.41. The first-order chi connectivity index (χ1) is 12.1. The third-order valence-corrected chi connectivity index (χ3v) is 5.11. The van der Waals surface area contributed by atoms with Gasteiger partial charge in [-0.3, -0.25) is 9.59 Å². The molecule has 1 aromatic carbocycles. The molecule has 3 rings (SSSR count). The summed E-state index contributed by atoms with van der Waals surface area (Å²) in [7, 11) is 0. The average molecular weight is 419 g/mol. The Balaban J connectivity index is 0.00000243. The van der Waals surface area contributed by atoms with E-state index in [0.717, 1.165) is 51.0 Å². The average Bonchev–Trinajstić information content (AvgIpc) is 2.91. The molecule has 1 aliphatic rings. The zero-order valence-corrected chi connectivity index (χ0v) is 17.4. The lowest BCUT2D eigenvalue weighted by Gasteiger charge is -2.12. The van der Waals surface area contributed by atoms with E-state index in [0.29, 0.717) is 22.5 Å². The lowest BCUT2D eigenvalue weighted by molar-refractivity contribution is -0.704. The maximum Gasteiger partial charge on any atom is 0.254 e. The molecule has 1 aliphatic carbocycles. The Morgan fingerprint density at radius 3 is 2.15 bits per heavy atom. The second-order valence-corrected chi connectivity index (χ2v) is 6.81. The Morgan fingerprint density at radius 1 is 0.923 bits per heavy atom. The van der Waals surface area contributed by atoms with Gasteiger partial charge in [-0.1, -0.05) is 51.0 Å². The van der Waals surface area contributed by atoms with Crippen molar-refractivity contribution >= 4 is 11.6 Å². The van der Waals surface area contributed by atoms with Crippen LogP contribution in [-0.4, -0.2) is 16.1 Å². The van der Waals surface area contributed by atoms with Crippen LogP contribution in [0.1, 0.15) is 83.9 Å². The van der Waals surface area contributed by atoms with Gasteiger partial charge in [-0.25, -0.2) is 9.13 Å². The summed E-state index contributed by atoms with van der Waals surface area (Å²) in [6.45, 7) is 7.92. The molecule has 1 aromatic heterocycles. The summed E-state index contributed by atoms with van der Waals surface area (Å²) in [5, 5.41) is 0. The maximum absolute atomic E-state index is 13.2. The van der Waals surface area contributed by atoms with Gasteiger partial charge in [0.25, 0.3) is 5.82 Å². The molecule has 0 amide bonds. The number of hydrogen-bond donors (Lipinski definition) is 0. The van der Waals surface area contributed by atoms with Crippen molar-refractivity contribution in [1.29, 1.82) is 0 Å².